The molecule has 0 saturated heterocycles. The van der Waals surface area contributed by atoms with Crippen LogP contribution in [0.2, 0.25) is 0 Å². The van der Waals surface area contributed by atoms with Gasteiger partial charge in [-0.05, 0) is 26.0 Å². The van der Waals surface area contributed by atoms with E-state index in [9.17, 15) is 4.79 Å². The molecule has 1 aliphatic rings. The molecule has 1 amide bonds. The summed E-state index contributed by atoms with van der Waals surface area (Å²) in [5, 5.41) is 2.91. The minimum Gasteiger partial charge on any atom is -0.328 e. The number of carbonyl (C=O) groups is 1. The van der Waals surface area contributed by atoms with E-state index in [1.165, 1.54) is 0 Å². The van der Waals surface area contributed by atoms with Gasteiger partial charge in [0.15, 0.2) is 0 Å². The number of carbonyl (C=O) groups excluding carboxylic acids is 1. The maximum absolute atomic E-state index is 11.9. The Morgan fingerprint density at radius 2 is 2.11 bits per heavy atom. The average Bonchev–Trinajstić information content (AvgIpc) is 2.58. The van der Waals surface area contributed by atoms with Crippen molar-refractivity contribution >= 4 is 11.6 Å². The quantitative estimate of drug-likeness (QED) is 0.693. The second-order valence-electron chi connectivity index (χ2n) is 4.55. The molecule has 0 bridgehead atoms. The minimum absolute atomic E-state index is 0.0516. The molecule has 1 N–H and O–H groups in total. The largest absolute Gasteiger partial charge is 0.328 e. The third-order valence-electron chi connectivity index (χ3n) is 2.59. The Morgan fingerprint density at radius 3 is 2.56 bits per heavy atom. The van der Waals surface area contributed by atoms with Gasteiger partial charge in [0.25, 0.3) is 0 Å². The molecule has 0 radical (unpaired) electrons. The van der Waals surface area contributed by atoms with Gasteiger partial charge in [0.05, 0.1) is 6.54 Å². The summed E-state index contributed by atoms with van der Waals surface area (Å²) in [5.41, 5.74) is 0.321. The van der Waals surface area contributed by atoms with Crippen LogP contribution >= 0.6 is 0 Å². The lowest BCUT2D eigenvalue weighted by atomic mass is 10.2. The van der Waals surface area contributed by atoms with Crippen molar-refractivity contribution in [3.05, 3.63) is 37.5 Å². The highest BCUT2D eigenvalue weighted by Gasteiger charge is 2.25. The van der Waals surface area contributed by atoms with Crippen LogP contribution in [0, 0.1) is 0 Å². The van der Waals surface area contributed by atoms with Gasteiger partial charge in [-0.25, -0.2) is 0 Å². The third kappa shape index (κ3) is 4.30. The Balaban J connectivity index is 2.53. The van der Waals surface area contributed by atoms with Crippen molar-refractivity contribution < 1.29 is 4.79 Å². The number of allylic oxidation sites excluding steroid dienone is 1. The van der Waals surface area contributed by atoms with Crippen LogP contribution in [0.5, 0.6) is 0 Å². The average molecular weight is 247 g/mol. The Bertz CT molecular complexity index is 388. The topological polar surface area (TPSA) is 44.7 Å². The van der Waals surface area contributed by atoms with E-state index in [1.54, 1.807) is 12.2 Å². The monoisotopic (exact) mass is 247 g/mol. The fourth-order valence-corrected chi connectivity index (χ4v) is 1.89. The highest BCUT2D eigenvalue weighted by molar-refractivity contribution is 5.96. The van der Waals surface area contributed by atoms with E-state index in [-0.39, 0.29) is 5.91 Å². The first-order chi connectivity index (χ1) is 8.49. The standard InChI is InChI=1S/C14H21N3O/c1-5-9-17(10-6-2)11-13(18)16-14(4)8-7-12(3)15-14/h5-8H,1-2,9-11H2,3-4H3,(H,16,18). The lowest BCUT2D eigenvalue weighted by Gasteiger charge is -2.24. The zero-order valence-electron chi connectivity index (χ0n) is 11.1. The van der Waals surface area contributed by atoms with E-state index in [1.807, 2.05) is 30.9 Å². The summed E-state index contributed by atoms with van der Waals surface area (Å²) in [6.45, 7) is 12.8. The van der Waals surface area contributed by atoms with Crippen LogP contribution in [-0.4, -0.2) is 41.8 Å². The Morgan fingerprint density at radius 1 is 1.50 bits per heavy atom. The molecule has 4 nitrogen and oxygen atoms in total. The second-order valence-corrected chi connectivity index (χ2v) is 4.55. The lowest BCUT2D eigenvalue weighted by molar-refractivity contribution is -0.123. The maximum atomic E-state index is 11.9. The summed E-state index contributed by atoms with van der Waals surface area (Å²) < 4.78 is 0. The van der Waals surface area contributed by atoms with E-state index >= 15 is 0 Å². The van der Waals surface area contributed by atoms with E-state index in [0.717, 1.165) is 5.71 Å². The summed E-state index contributed by atoms with van der Waals surface area (Å²) in [4.78, 5) is 18.3. The van der Waals surface area contributed by atoms with Gasteiger partial charge >= 0.3 is 0 Å². The predicted octanol–water partition coefficient (Wildman–Crippen LogP) is 1.52. The molecule has 18 heavy (non-hydrogen) atoms. The van der Waals surface area contributed by atoms with Crippen LogP contribution in [-0.2, 0) is 4.79 Å². The second kappa shape index (κ2) is 6.31. The zero-order chi connectivity index (χ0) is 13.6. The summed E-state index contributed by atoms with van der Waals surface area (Å²) in [6, 6.07) is 0. The number of nitrogens with one attached hydrogen (secondary N) is 1. The summed E-state index contributed by atoms with van der Waals surface area (Å²) in [5.74, 6) is -0.0516. The molecule has 1 rings (SSSR count). The third-order valence-corrected chi connectivity index (χ3v) is 2.59. The van der Waals surface area contributed by atoms with Gasteiger partial charge in [0.1, 0.15) is 5.66 Å². The van der Waals surface area contributed by atoms with Gasteiger partial charge in [-0.2, -0.15) is 0 Å². The fraction of sp³-hybridized carbons (Fsp3) is 0.429. The van der Waals surface area contributed by atoms with Crippen molar-refractivity contribution in [1.29, 1.82) is 0 Å². The van der Waals surface area contributed by atoms with E-state index in [2.05, 4.69) is 23.5 Å². The van der Waals surface area contributed by atoms with Gasteiger partial charge < -0.3 is 5.32 Å². The van der Waals surface area contributed by atoms with Crippen molar-refractivity contribution in [2.24, 2.45) is 4.99 Å². The van der Waals surface area contributed by atoms with Crippen molar-refractivity contribution in [3.63, 3.8) is 0 Å². The maximum Gasteiger partial charge on any atom is 0.236 e. The number of aliphatic imine (C=N–C) groups is 1. The smallest absolute Gasteiger partial charge is 0.236 e. The Labute approximate surface area is 109 Å². The normalized spacial score (nSPS) is 21.8. The van der Waals surface area contributed by atoms with Gasteiger partial charge in [-0.1, -0.05) is 12.2 Å². The number of rotatable bonds is 7. The SMILES string of the molecule is C=CCN(CC=C)CC(=O)NC1(C)C=CC(C)=N1. The molecule has 0 saturated carbocycles. The van der Waals surface area contributed by atoms with E-state index in [0.29, 0.717) is 19.6 Å². The fourth-order valence-electron chi connectivity index (χ4n) is 1.89. The molecular formula is C14H21N3O. The first-order valence-electron chi connectivity index (χ1n) is 6.00. The zero-order valence-corrected chi connectivity index (χ0v) is 11.1. The molecule has 0 aromatic rings. The van der Waals surface area contributed by atoms with Crippen molar-refractivity contribution in [2.75, 3.05) is 19.6 Å². The van der Waals surface area contributed by atoms with Crippen LogP contribution in [0.1, 0.15) is 13.8 Å². The molecule has 1 atom stereocenters. The highest BCUT2D eigenvalue weighted by Crippen LogP contribution is 2.14. The molecule has 98 valence electrons. The predicted molar refractivity (Wildman–Crippen MR) is 75.6 cm³/mol. The molecule has 0 aromatic heterocycles. The summed E-state index contributed by atoms with van der Waals surface area (Å²) >= 11 is 0. The molecule has 0 aromatic carbocycles. The molecule has 0 fully saturated rings. The van der Waals surface area contributed by atoms with E-state index < -0.39 is 5.66 Å². The van der Waals surface area contributed by atoms with Gasteiger partial charge in [0, 0.05) is 18.8 Å². The highest BCUT2D eigenvalue weighted by atomic mass is 16.2. The lowest BCUT2D eigenvalue weighted by Crippen LogP contribution is -2.46. The molecule has 1 unspecified atom stereocenters. The van der Waals surface area contributed by atoms with Crippen molar-refractivity contribution in [1.82, 2.24) is 10.2 Å². The van der Waals surface area contributed by atoms with Crippen molar-refractivity contribution in [3.8, 4) is 0 Å². The van der Waals surface area contributed by atoms with Crippen LogP contribution < -0.4 is 5.32 Å². The molecule has 1 aliphatic heterocycles. The number of amides is 1. The summed E-state index contributed by atoms with van der Waals surface area (Å²) in [6.07, 6.45) is 7.35. The Hall–Kier alpha value is -1.68. The first kappa shape index (κ1) is 14.4. The van der Waals surface area contributed by atoms with Crippen LogP contribution in [0.3, 0.4) is 0 Å². The molecular weight excluding hydrogens is 226 g/mol. The Kier molecular flexibility index (Phi) is 5.04. The van der Waals surface area contributed by atoms with Crippen molar-refractivity contribution in [2.45, 2.75) is 19.5 Å². The first-order valence-corrected chi connectivity index (χ1v) is 6.00. The van der Waals surface area contributed by atoms with Crippen LogP contribution in [0.4, 0.5) is 0 Å². The van der Waals surface area contributed by atoms with E-state index in [4.69, 9.17) is 0 Å². The van der Waals surface area contributed by atoms with Crippen LogP contribution in [0.15, 0.2) is 42.5 Å². The van der Waals surface area contributed by atoms with Crippen LogP contribution in [0.25, 0.3) is 0 Å². The molecule has 1 heterocycles. The number of hydrogen-bond donors (Lipinski definition) is 1. The molecule has 4 heteroatoms. The summed E-state index contributed by atoms with van der Waals surface area (Å²) in [7, 11) is 0. The minimum atomic E-state index is -0.602. The van der Waals surface area contributed by atoms with Gasteiger partial charge in [-0.3, -0.25) is 14.7 Å². The number of hydrogen-bond acceptors (Lipinski definition) is 3. The van der Waals surface area contributed by atoms with Gasteiger partial charge in [0.2, 0.25) is 5.91 Å². The molecule has 0 aliphatic carbocycles. The van der Waals surface area contributed by atoms with Gasteiger partial charge in [-0.15, -0.1) is 13.2 Å². The molecule has 0 spiro atoms. The number of nitrogens with zero attached hydrogens (tertiary/aromatic N) is 2.